The SMILES string of the molecule is CC(C)(CC1CCCCC1)C(=N)N. The summed E-state index contributed by atoms with van der Waals surface area (Å²) < 4.78 is 0. The van der Waals surface area contributed by atoms with Crippen LogP contribution >= 0.6 is 0 Å². The van der Waals surface area contributed by atoms with E-state index >= 15 is 0 Å². The van der Waals surface area contributed by atoms with Gasteiger partial charge in [-0.15, -0.1) is 0 Å². The van der Waals surface area contributed by atoms with Gasteiger partial charge in [-0.05, 0) is 12.3 Å². The maximum atomic E-state index is 7.49. The molecule has 13 heavy (non-hydrogen) atoms. The summed E-state index contributed by atoms with van der Waals surface area (Å²) in [7, 11) is 0. The van der Waals surface area contributed by atoms with E-state index in [0.29, 0.717) is 5.84 Å². The van der Waals surface area contributed by atoms with Crippen molar-refractivity contribution in [2.75, 3.05) is 0 Å². The molecule has 3 N–H and O–H groups in total. The average Bonchev–Trinajstić information content (AvgIpc) is 2.05. The molecule has 1 saturated carbocycles. The van der Waals surface area contributed by atoms with Crippen LogP contribution in [0.1, 0.15) is 52.4 Å². The third kappa shape index (κ3) is 3.02. The number of nitrogens with one attached hydrogen (secondary N) is 1. The molecular formula is C11H22N2. The molecule has 0 amide bonds. The minimum Gasteiger partial charge on any atom is -0.387 e. The zero-order chi connectivity index (χ0) is 9.90. The molecular weight excluding hydrogens is 160 g/mol. The van der Waals surface area contributed by atoms with E-state index in [-0.39, 0.29) is 5.41 Å². The lowest BCUT2D eigenvalue weighted by Gasteiger charge is -2.30. The maximum Gasteiger partial charge on any atom is 0.0963 e. The molecule has 0 spiro atoms. The molecule has 0 heterocycles. The van der Waals surface area contributed by atoms with E-state index in [9.17, 15) is 0 Å². The summed E-state index contributed by atoms with van der Waals surface area (Å²) in [5.41, 5.74) is 5.49. The van der Waals surface area contributed by atoms with Gasteiger partial charge in [0.25, 0.3) is 0 Å². The summed E-state index contributed by atoms with van der Waals surface area (Å²) in [6.07, 6.45) is 7.93. The molecule has 1 rings (SSSR count). The van der Waals surface area contributed by atoms with Gasteiger partial charge in [0.1, 0.15) is 0 Å². The van der Waals surface area contributed by atoms with Gasteiger partial charge in [0.2, 0.25) is 0 Å². The number of hydrogen-bond donors (Lipinski definition) is 2. The molecule has 1 fully saturated rings. The standard InChI is InChI=1S/C11H22N2/c1-11(2,10(12)13)8-9-6-4-3-5-7-9/h9H,3-8H2,1-2H3,(H3,12,13). The Morgan fingerprint density at radius 1 is 1.31 bits per heavy atom. The molecule has 0 unspecified atom stereocenters. The highest BCUT2D eigenvalue weighted by Gasteiger charge is 2.26. The molecule has 2 heteroatoms. The first-order valence-corrected chi connectivity index (χ1v) is 5.37. The van der Waals surface area contributed by atoms with E-state index < -0.39 is 0 Å². The number of rotatable bonds is 3. The van der Waals surface area contributed by atoms with Crippen LogP contribution in [-0.2, 0) is 0 Å². The van der Waals surface area contributed by atoms with Gasteiger partial charge in [-0.25, -0.2) is 0 Å². The van der Waals surface area contributed by atoms with Gasteiger partial charge in [-0.3, -0.25) is 5.41 Å². The highest BCUT2D eigenvalue weighted by atomic mass is 14.7. The Kier molecular flexibility index (Phi) is 3.34. The molecule has 1 aliphatic rings. The van der Waals surface area contributed by atoms with E-state index in [2.05, 4.69) is 13.8 Å². The van der Waals surface area contributed by atoms with Crippen LogP contribution in [0.3, 0.4) is 0 Å². The van der Waals surface area contributed by atoms with Gasteiger partial charge >= 0.3 is 0 Å². The lowest BCUT2D eigenvalue weighted by molar-refractivity contribution is 0.274. The average molecular weight is 182 g/mol. The molecule has 1 aliphatic carbocycles. The van der Waals surface area contributed by atoms with Crippen LogP contribution in [0.5, 0.6) is 0 Å². The van der Waals surface area contributed by atoms with Gasteiger partial charge in [0.05, 0.1) is 5.84 Å². The minimum atomic E-state index is -0.0813. The molecule has 76 valence electrons. The van der Waals surface area contributed by atoms with Gasteiger partial charge < -0.3 is 5.73 Å². The highest BCUT2D eigenvalue weighted by molar-refractivity contribution is 5.82. The first-order chi connectivity index (χ1) is 6.02. The second kappa shape index (κ2) is 4.12. The third-order valence-electron chi connectivity index (χ3n) is 3.25. The quantitative estimate of drug-likeness (QED) is 0.511. The van der Waals surface area contributed by atoms with Crippen LogP contribution in [-0.4, -0.2) is 5.84 Å². The molecule has 0 aromatic heterocycles. The van der Waals surface area contributed by atoms with E-state index in [1.165, 1.54) is 32.1 Å². The molecule has 0 atom stereocenters. The van der Waals surface area contributed by atoms with Crippen molar-refractivity contribution in [2.24, 2.45) is 17.1 Å². The summed E-state index contributed by atoms with van der Waals surface area (Å²) in [6.45, 7) is 4.17. The Hall–Kier alpha value is -0.530. The lowest BCUT2D eigenvalue weighted by Crippen LogP contribution is -2.33. The first-order valence-electron chi connectivity index (χ1n) is 5.37. The van der Waals surface area contributed by atoms with Crippen molar-refractivity contribution in [2.45, 2.75) is 52.4 Å². The number of nitrogens with two attached hydrogens (primary N) is 1. The van der Waals surface area contributed by atoms with Crippen molar-refractivity contribution >= 4 is 5.84 Å². The van der Waals surface area contributed by atoms with Gasteiger partial charge in [0.15, 0.2) is 0 Å². The molecule has 0 saturated heterocycles. The Bertz CT molecular complexity index is 179. The fourth-order valence-electron chi connectivity index (χ4n) is 2.22. The summed E-state index contributed by atoms with van der Waals surface area (Å²) in [6, 6.07) is 0. The van der Waals surface area contributed by atoms with E-state index in [1.807, 2.05) is 0 Å². The Balaban J connectivity index is 2.41. The summed E-state index contributed by atoms with van der Waals surface area (Å²) >= 11 is 0. The third-order valence-corrected chi connectivity index (χ3v) is 3.25. The van der Waals surface area contributed by atoms with Crippen LogP contribution in [0.15, 0.2) is 0 Å². The van der Waals surface area contributed by atoms with Crippen LogP contribution in [0.4, 0.5) is 0 Å². The fourth-order valence-corrected chi connectivity index (χ4v) is 2.22. The zero-order valence-corrected chi connectivity index (χ0v) is 8.90. The van der Waals surface area contributed by atoms with Crippen LogP contribution in [0, 0.1) is 16.7 Å². The molecule has 2 nitrogen and oxygen atoms in total. The van der Waals surface area contributed by atoms with Crippen LogP contribution in [0.2, 0.25) is 0 Å². The normalized spacial score (nSPS) is 20.2. The van der Waals surface area contributed by atoms with Crippen molar-refractivity contribution in [3.63, 3.8) is 0 Å². The largest absolute Gasteiger partial charge is 0.387 e. The summed E-state index contributed by atoms with van der Waals surface area (Å²) in [5, 5.41) is 7.49. The van der Waals surface area contributed by atoms with Crippen molar-refractivity contribution in [1.82, 2.24) is 0 Å². The monoisotopic (exact) mass is 182 g/mol. The lowest BCUT2D eigenvalue weighted by atomic mass is 9.76. The molecule has 0 bridgehead atoms. The predicted octanol–water partition coefficient (Wildman–Crippen LogP) is 2.92. The van der Waals surface area contributed by atoms with E-state index in [1.54, 1.807) is 0 Å². The fraction of sp³-hybridized carbons (Fsp3) is 0.909. The molecule has 0 aromatic carbocycles. The Morgan fingerprint density at radius 2 is 1.85 bits per heavy atom. The smallest absolute Gasteiger partial charge is 0.0963 e. The van der Waals surface area contributed by atoms with Crippen LogP contribution < -0.4 is 5.73 Å². The van der Waals surface area contributed by atoms with Gasteiger partial charge in [-0.1, -0.05) is 46.0 Å². The van der Waals surface area contributed by atoms with Gasteiger partial charge in [-0.2, -0.15) is 0 Å². The second-order valence-corrected chi connectivity index (χ2v) is 5.01. The second-order valence-electron chi connectivity index (χ2n) is 5.01. The minimum absolute atomic E-state index is 0.0813. The highest BCUT2D eigenvalue weighted by Crippen LogP contribution is 2.34. The Labute approximate surface area is 81.4 Å². The van der Waals surface area contributed by atoms with Crippen molar-refractivity contribution in [1.29, 1.82) is 5.41 Å². The first kappa shape index (κ1) is 10.6. The summed E-state index contributed by atoms with van der Waals surface area (Å²) in [4.78, 5) is 0. The molecule has 0 radical (unpaired) electrons. The van der Waals surface area contributed by atoms with Crippen molar-refractivity contribution in [3.05, 3.63) is 0 Å². The predicted molar refractivity (Wildman–Crippen MR) is 56.9 cm³/mol. The van der Waals surface area contributed by atoms with Crippen molar-refractivity contribution < 1.29 is 0 Å². The number of hydrogen-bond acceptors (Lipinski definition) is 1. The van der Waals surface area contributed by atoms with Gasteiger partial charge in [0, 0.05) is 5.41 Å². The number of amidine groups is 1. The molecule has 0 aromatic rings. The maximum absolute atomic E-state index is 7.49. The van der Waals surface area contributed by atoms with E-state index in [0.717, 1.165) is 12.3 Å². The van der Waals surface area contributed by atoms with Crippen LogP contribution in [0.25, 0.3) is 0 Å². The van der Waals surface area contributed by atoms with E-state index in [4.69, 9.17) is 11.1 Å². The molecule has 0 aliphatic heterocycles. The summed E-state index contributed by atoms with van der Waals surface area (Å²) in [5.74, 6) is 1.16. The van der Waals surface area contributed by atoms with Crippen molar-refractivity contribution in [3.8, 4) is 0 Å². The topological polar surface area (TPSA) is 49.9 Å². The Morgan fingerprint density at radius 3 is 2.31 bits per heavy atom. The zero-order valence-electron chi connectivity index (χ0n) is 8.90.